The van der Waals surface area contributed by atoms with Gasteiger partial charge in [0, 0.05) is 0 Å². The summed E-state index contributed by atoms with van der Waals surface area (Å²) in [5.74, 6) is 0.121. The molecule has 4 rings (SSSR count). The van der Waals surface area contributed by atoms with Gasteiger partial charge in [0.2, 0.25) is 0 Å². The fourth-order valence-electron chi connectivity index (χ4n) is 4.52. The van der Waals surface area contributed by atoms with Gasteiger partial charge >= 0.3 is 154 Å². The number of hydrogen-bond acceptors (Lipinski definition) is 2. The third kappa shape index (κ3) is 2.47. The number of carbonyl (C=O) groups excluding carboxylic acids is 1. The summed E-state index contributed by atoms with van der Waals surface area (Å²) in [5, 5.41) is 4.35. The first-order valence-corrected chi connectivity index (χ1v) is 12.0. The van der Waals surface area contributed by atoms with Crippen LogP contribution in [0.3, 0.4) is 0 Å². The van der Waals surface area contributed by atoms with E-state index in [0.717, 1.165) is 6.42 Å². The minimum absolute atomic E-state index is 0.0840. The summed E-state index contributed by atoms with van der Waals surface area (Å²) >= 11 is 0.0840. The molecule has 1 N–H and O–H groups in total. The van der Waals surface area contributed by atoms with E-state index in [9.17, 15) is 4.79 Å². The van der Waals surface area contributed by atoms with E-state index in [-0.39, 0.29) is 27.1 Å². The first-order valence-electron chi connectivity index (χ1n) is 8.77. The number of nitrogens with one attached hydrogen (secondary N) is 1. The van der Waals surface area contributed by atoms with Gasteiger partial charge in [-0.25, -0.2) is 0 Å². The first kappa shape index (κ1) is 16.4. The Morgan fingerprint density at radius 3 is 2.96 bits per heavy atom. The summed E-state index contributed by atoms with van der Waals surface area (Å²) in [6, 6.07) is 8.08. The van der Waals surface area contributed by atoms with Crippen molar-refractivity contribution in [3.8, 4) is 0 Å². The van der Waals surface area contributed by atoms with Crippen molar-refractivity contribution in [3.05, 3.63) is 33.0 Å². The number of alkyl halides is 1. The van der Waals surface area contributed by atoms with Crippen LogP contribution >= 0.6 is 0 Å². The topological polar surface area (TPSA) is 37.3 Å². The maximum absolute atomic E-state index is 12.3. The van der Waals surface area contributed by atoms with Crippen molar-refractivity contribution in [1.29, 1.82) is 0 Å². The van der Waals surface area contributed by atoms with Crippen LogP contribution in [-0.4, -0.2) is 39.9 Å². The predicted molar refractivity (Wildman–Crippen MR) is 92.5 cm³/mol. The average molecular weight is 438 g/mol. The van der Waals surface area contributed by atoms with Gasteiger partial charge in [-0.15, -0.1) is 0 Å². The number of fused-ring (bicyclic) bond motifs is 6. The summed E-state index contributed by atoms with van der Waals surface area (Å²) in [6.07, 6.45) is 3.60. The Kier molecular flexibility index (Phi) is 4.33. The number of nitrogens with zero attached hydrogens (tertiary/aromatic N) is 2. The van der Waals surface area contributed by atoms with Crippen LogP contribution in [0, 0.1) is 3.57 Å². The molecule has 1 aromatic heterocycles. The summed E-state index contributed by atoms with van der Waals surface area (Å²) in [4.78, 5) is 17.1. The zero-order chi connectivity index (χ0) is 16.8. The van der Waals surface area contributed by atoms with E-state index < -0.39 is 0 Å². The second kappa shape index (κ2) is 6.33. The SMILES string of the molecule is CCNC(=O)Cn1c2c(c3cc([I-]C)ccc31)C1CCC(C2)N1C. The Balaban J connectivity index is 1.89. The summed E-state index contributed by atoms with van der Waals surface area (Å²) < 4.78 is 3.79. The molecule has 0 saturated carbocycles. The van der Waals surface area contributed by atoms with Gasteiger partial charge in [-0.3, -0.25) is 0 Å². The quantitative estimate of drug-likeness (QED) is 0.510. The number of halogens is 1. The van der Waals surface area contributed by atoms with Crippen molar-refractivity contribution >= 4 is 16.8 Å². The molecule has 2 aromatic rings. The molecule has 2 atom stereocenters. The van der Waals surface area contributed by atoms with Gasteiger partial charge in [-0.05, 0) is 0 Å². The molecule has 1 saturated heterocycles. The number of carbonyl (C=O) groups is 1. The maximum atomic E-state index is 12.3. The summed E-state index contributed by atoms with van der Waals surface area (Å²) in [5.41, 5.74) is 4.16. The van der Waals surface area contributed by atoms with Crippen molar-refractivity contribution in [2.75, 3.05) is 18.5 Å². The molecule has 0 spiro atoms. The molecule has 24 heavy (non-hydrogen) atoms. The van der Waals surface area contributed by atoms with Gasteiger partial charge in [-0.1, -0.05) is 0 Å². The van der Waals surface area contributed by atoms with E-state index in [1.807, 2.05) is 6.92 Å². The van der Waals surface area contributed by atoms with E-state index in [1.165, 1.54) is 38.6 Å². The van der Waals surface area contributed by atoms with Crippen LogP contribution in [0.2, 0.25) is 0 Å². The van der Waals surface area contributed by atoms with Crippen molar-refractivity contribution < 1.29 is 26.0 Å². The molecule has 2 aliphatic rings. The van der Waals surface area contributed by atoms with E-state index in [0.29, 0.717) is 25.2 Å². The van der Waals surface area contributed by atoms with Crippen LogP contribution in [-0.2, 0) is 17.8 Å². The van der Waals surface area contributed by atoms with Gasteiger partial charge < -0.3 is 0 Å². The molecule has 2 unspecified atom stereocenters. The molecule has 0 radical (unpaired) electrons. The Morgan fingerprint density at radius 1 is 1.38 bits per heavy atom. The third-order valence-corrected chi connectivity index (χ3v) is 7.59. The van der Waals surface area contributed by atoms with Gasteiger partial charge in [0.25, 0.3) is 0 Å². The average Bonchev–Trinajstić information content (AvgIpc) is 2.99. The minimum atomic E-state index is 0.0840. The van der Waals surface area contributed by atoms with Crippen LogP contribution in [0.5, 0.6) is 0 Å². The third-order valence-electron chi connectivity index (χ3n) is 5.67. The van der Waals surface area contributed by atoms with E-state index in [1.54, 1.807) is 0 Å². The van der Waals surface area contributed by atoms with Gasteiger partial charge in [0.1, 0.15) is 0 Å². The fourth-order valence-corrected chi connectivity index (χ4v) is 5.68. The molecule has 1 aromatic carbocycles. The van der Waals surface area contributed by atoms with Crippen LogP contribution < -0.4 is 26.5 Å². The second-order valence-electron chi connectivity index (χ2n) is 6.87. The molecule has 0 aliphatic carbocycles. The van der Waals surface area contributed by atoms with Crippen LogP contribution in [0.1, 0.15) is 37.1 Å². The zero-order valence-electron chi connectivity index (χ0n) is 14.6. The molecule has 2 aliphatic heterocycles. The van der Waals surface area contributed by atoms with Crippen LogP contribution in [0.15, 0.2) is 18.2 Å². The van der Waals surface area contributed by atoms with Crippen molar-refractivity contribution in [1.82, 2.24) is 14.8 Å². The number of likely N-dealkylation sites (N-methyl/N-ethyl adjacent to an activating group) is 2. The Bertz CT molecular complexity index is 797. The molecule has 1 amide bonds. The van der Waals surface area contributed by atoms with Crippen LogP contribution in [0.4, 0.5) is 0 Å². The summed E-state index contributed by atoms with van der Waals surface area (Å²) in [7, 11) is 2.27. The number of aromatic nitrogens is 1. The zero-order valence-corrected chi connectivity index (χ0v) is 16.8. The Hall–Kier alpha value is -1.08. The first-order chi connectivity index (χ1) is 11.6. The van der Waals surface area contributed by atoms with Gasteiger partial charge in [0.15, 0.2) is 0 Å². The van der Waals surface area contributed by atoms with Crippen LogP contribution in [0.25, 0.3) is 10.9 Å². The molecule has 130 valence electrons. The van der Waals surface area contributed by atoms with Gasteiger partial charge in [0.05, 0.1) is 0 Å². The number of amides is 1. The molecule has 3 heterocycles. The number of benzene rings is 1. The second-order valence-corrected chi connectivity index (χ2v) is 9.19. The molecule has 4 nitrogen and oxygen atoms in total. The predicted octanol–water partition coefficient (Wildman–Crippen LogP) is -0.643. The van der Waals surface area contributed by atoms with Crippen molar-refractivity contribution in [2.24, 2.45) is 0 Å². The molecule has 2 bridgehead atoms. The normalized spacial score (nSPS) is 23.0. The molecule has 1 fully saturated rings. The molecular formula is C19H25IN3O-. The van der Waals surface area contributed by atoms with Gasteiger partial charge in [-0.2, -0.15) is 0 Å². The monoisotopic (exact) mass is 438 g/mol. The fraction of sp³-hybridized carbons (Fsp3) is 0.526. The Morgan fingerprint density at radius 2 is 2.21 bits per heavy atom. The van der Waals surface area contributed by atoms with E-state index >= 15 is 0 Å². The van der Waals surface area contributed by atoms with E-state index in [4.69, 9.17) is 0 Å². The van der Waals surface area contributed by atoms with Crippen molar-refractivity contribution in [3.63, 3.8) is 0 Å². The summed E-state index contributed by atoms with van der Waals surface area (Å²) in [6.45, 7) is 3.12. The molecule has 5 heteroatoms. The van der Waals surface area contributed by atoms with Crippen molar-refractivity contribution in [2.45, 2.75) is 44.8 Å². The molecular weight excluding hydrogens is 413 g/mol. The number of hydrogen-bond donors (Lipinski definition) is 1. The number of rotatable bonds is 4. The standard InChI is InChI=1S/C19H25IN3O/c1-4-21-18(24)11-23-15-7-5-12(20-2)9-14(15)19-16-8-6-13(22(16)3)10-17(19)23/h5,7,9,13,16H,4,6,8,10-11H2,1-3H3,(H,21,24)/q-1. The Labute approximate surface area is 153 Å². The van der Waals surface area contributed by atoms with E-state index in [2.05, 4.69) is 45.0 Å².